The van der Waals surface area contributed by atoms with E-state index < -0.39 is 0 Å². The highest BCUT2D eigenvalue weighted by molar-refractivity contribution is 5.94. The van der Waals surface area contributed by atoms with Gasteiger partial charge in [0.15, 0.2) is 0 Å². The van der Waals surface area contributed by atoms with Gasteiger partial charge >= 0.3 is 0 Å². The second kappa shape index (κ2) is 8.65. The highest BCUT2D eigenvalue weighted by atomic mass is 16.2. The quantitative estimate of drug-likeness (QED) is 0.877. The summed E-state index contributed by atoms with van der Waals surface area (Å²) in [5.74, 6) is 0.843. The first kappa shape index (κ1) is 17.4. The summed E-state index contributed by atoms with van der Waals surface area (Å²) in [5, 5.41) is 3.08. The molecule has 0 aliphatic carbocycles. The number of nitrogens with one attached hydrogen (secondary N) is 1. The summed E-state index contributed by atoms with van der Waals surface area (Å²) in [5.41, 5.74) is 0.695. The molecule has 0 saturated carbocycles. The fourth-order valence-electron chi connectivity index (χ4n) is 3.07. The molecule has 23 heavy (non-hydrogen) atoms. The minimum atomic E-state index is 0.0758. The summed E-state index contributed by atoms with van der Waals surface area (Å²) in [4.78, 5) is 30.2. The highest BCUT2D eigenvalue weighted by Gasteiger charge is 2.24. The molecule has 0 spiro atoms. The molecule has 0 aromatic carbocycles. The lowest BCUT2D eigenvalue weighted by atomic mass is 9.95. The van der Waals surface area contributed by atoms with Gasteiger partial charge in [-0.05, 0) is 43.7 Å². The van der Waals surface area contributed by atoms with Crippen molar-refractivity contribution < 1.29 is 9.59 Å². The lowest BCUT2D eigenvalue weighted by Crippen LogP contribution is -2.42. The number of carbonyl (C=O) groups excluding carboxylic acids is 2. The highest BCUT2D eigenvalue weighted by Crippen LogP contribution is 2.18. The fraction of sp³-hybridized carbons (Fsp3) is 0.611. The van der Waals surface area contributed by atoms with Gasteiger partial charge in [-0.3, -0.25) is 14.6 Å². The Morgan fingerprint density at radius 1 is 1.22 bits per heavy atom. The zero-order chi connectivity index (χ0) is 16.7. The Morgan fingerprint density at radius 3 is 2.39 bits per heavy atom. The van der Waals surface area contributed by atoms with E-state index in [2.05, 4.69) is 24.1 Å². The monoisotopic (exact) mass is 317 g/mol. The van der Waals surface area contributed by atoms with Crippen LogP contribution < -0.4 is 5.32 Å². The van der Waals surface area contributed by atoms with Gasteiger partial charge in [0.2, 0.25) is 5.91 Å². The number of nitrogens with zero attached hydrogens (tertiary/aromatic N) is 2. The van der Waals surface area contributed by atoms with Gasteiger partial charge < -0.3 is 10.2 Å². The molecule has 1 aromatic rings. The lowest BCUT2D eigenvalue weighted by molar-refractivity contribution is -0.125. The SMILES string of the molecule is CCC(CC)C(=O)NCC1CCN(C(=O)c2ccncc2)CC1. The third kappa shape index (κ3) is 4.78. The molecule has 0 unspecified atom stereocenters. The summed E-state index contributed by atoms with van der Waals surface area (Å²) >= 11 is 0. The van der Waals surface area contributed by atoms with Crippen molar-refractivity contribution >= 4 is 11.8 Å². The summed E-state index contributed by atoms with van der Waals surface area (Å²) in [6.45, 7) is 6.35. The van der Waals surface area contributed by atoms with Crippen molar-refractivity contribution in [3.05, 3.63) is 30.1 Å². The number of pyridine rings is 1. The molecule has 0 atom stereocenters. The van der Waals surface area contributed by atoms with E-state index in [9.17, 15) is 9.59 Å². The number of hydrogen-bond donors (Lipinski definition) is 1. The number of aromatic nitrogens is 1. The molecule has 5 heteroatoms. The molecule has 2 heterocycles. The van der Waals surface area contributed by atoms with Crippen LogP contribution in [-0.2, 0) is 4.79 Å². The number of amides is 2. The molecule has 1 aliphatic heterocycles. The third-order valence-corrected chi connectivity index (χ3v) is 4.75. The van der Waals surface area contributed by atoms with E-state index in [0.717, 1.165) is 45.3 Å². The standard InChI is InChI=1S/C18H27N3O2/c1-3-15(4-2)17(22)20-13-14-7-11-21(12-8-14)18(23)16-5-9-19-10-6-16/h5-6,9-10,14-15H,3-4,7-8,11-13H2,1-2H3,(H,20,22). The topological polar surface area (TPSA) is 62.3 Å². The van der Waals surface area contributed by atoms with Crippen LogP contribution in [-0.4, -0.2) is 41.3 Å². The Bertz CT molecular complexity index is 506. The van der Waals surface area contributed by atoms with E-state index in [4.69, 9.17) is 0 Å². The summed E-state index contributed by atoms with van der Waals surface area (Å²) in [7, 11) is 0. The maximum absolute atomic E-state index is 12.4. The van der Waals surface area contributed by atoms with Crippen LogP contribution in [0.4, 0.5) is 0 Å². The van der Waals surface area contributed by atoms with E-state index in [1.165, 1.54) is 0 Å². The number of piperidine rings is 1. The molecule has 1 saturated heterocycles. The molecule has 1 aliphatic rings. The summed E-state index contributed by atoms with van der Waals surface area (Å²) < 4.78 is 0. The summed E-state index contributed by atoms with van der Waals surface area (Å²) in [6.07, 6.45) is 6.96. The van der Waals surface area contributed by atoms with Gasteiger partial charge in [-0.2, -0.15) is 0 Å². The van der Waals surface area contributed by atoms with Crippen molar-refractivity contribution in [1.82, 2.24) is 15.2 Å². The van der Waals surface area contributed by atoms with Gasteiger partial charge in [0.05, 0.1) is 0 Å². The minimum Gasteiger partial charge on any atom is -0.356 e. The predicted molar refractivity (Wildman–Crippen MR) is 89.9 cm³/mol. The van der Waals surface area contributed by atoms with Crippen molar-refractivity contribution in [3.8, 4) is 0 Å². The van der Waals surface area contributed by atoms with Crippen molar-refractivity contribution in [3.63, 3.8) is 0 Å². The summed E-state index contributed by atoms with van der Waals surface area (Å²) in [6, 6.07) is 3.51. The predicted octanol–water partition coefficient (Wildman–Crippen LogP) is 2.49. The Balaban J connectivity index is 1.76. The minimum absolute atomic E-state index is 0.0758. The van der Waals surface area contributed by atoms with Gasteiger partial charge in [0, 0.05) is 43.5 Å². The van der Waals surface area contributed by atoms with Crippen LogP contribution >= 0.6 is 0 Å². The van der Waals surface area contributed by atoms with Crippen LogP contribution in [0.25, 0.3) is 0 Å². The Morgan fingerprint density at radius 2 is 1.83 bits per heavy atom. The Labute approximate surface area is 138 Å². The molecular weight excluding hydrogens is 290 g/mol. The van der Waals surface area contributed by atoms with E-state index in [-0.39, 0.29) is 17.7 Å². The number of carbonyl (C=O) groups is 2. The van der Waals surface area contributed by atoms with Gasteiger partial charge in [0.25, 0.3) is 5.91 Å². The van der Waals surface area contributed by atoms with E-state index in [1.807, 2.05) is 4.90 Å². The fourth-order valence-corrected chi connectivity index (χ4v) is 3.07. The van der Waals surface area contributed by atoms with Crippen molar-refractivity contribution in [2.45, 2.75) is 39.5 Å². The Kier molecular flexibility index (Phi) is 6.56. The Hall–Kier alpha value is -1.91. The van der Waals surface area contributed by atoms with Gasteiger partial charge in [-0.1, -0.05) is 13.8 Å². The average Bonchev–Trinajstić information content (AvgIpc) is 2.61. The molecule has 126 valence electrons. The van der Waals surface area contributed by atoms with Crippen LogP contribution in [0.3, 0.4) is 0 Å². The van der Waals surface area contributed by atoms with Crippen LogP contribution in [0.5, 0.6) is 0 Å². The zero-order valence-corrected chi connectivity index (χ0v) is 14.1. The molecule has 1 N–H and O–H groups in total. The van der Waals surface area contributed by atoms with Crippen molar-refractivity contribution in [2.24, 2.45) is 11.8 Å². The van der Waals surface area contributed by atoms with Crippen LogP contribution in [0.1, 0.15) is 49.9 Å². The third-order valence-electron chi connectivity index (χ3n) is 4.75. The van der Waals surface area contributed by atoms with Crippen LogP contribution in [0.15, 0.2) is 24.5 Å². The second-order valence-electron chi connectivity index (χ2n) is 6.23. The van der Waals surface area contributed by atoms with E-state index >= 15 is 0 Å². The van der Waals surface area contributed by atoms with Crippen molar-refractivity contribution in [2.75, 3.05) is 19.6 Å². The second-order valence-corrected chi connectivity index (χ2v) is 6.23. The molecular formula is C18H27N3O2. The van der Waals surface area contributed by atoms with Crippen molar-refractivity contribution in [1.29, 1.82) is 0 Å². The number of rotatable bonds is 6. The first-order valence-corrected chi connectivity index (χ1v) is 8.62. The smallest absolute Gasteiger partial charge is 0.253 e. The zero-order valence-electron chi connectivity index (χ0n) is 14.1. The first-order valence-electron chi connectivity index (χ1n) is 8.62. The van der Waals surface area contributed by atoms with Gasteiger partial charge in [-0.15, -0.1) is 0 Å². The average molecular weight is 317 g/mol. The van der Waals surface area contributed by atoms with Crippen LogP contribution in [0, 0.1) is 11.8 Å². The molecule has 1 fully saturated rings. The molecule has 0 radical (unpaired) electrons. The maximum Gasteiger partial charge on any atom is 0.253 e. The van der Waals surface area contributed by atoms with Crippen LogP contribution in [0.2, 0.25) is 0 Å². The number of likely N-dealkylation sites (tertiary alicyclic amines) is 1. The first-order chi connectivity index (χ1) is 11.2. The molecule has 5 nitrogen and oxygen atoms in total. The van der Waals surface area contributed by atoms with E-state index in [0.29, 0.717) is 11.5 Å². The molecule has 2 rings (SSSR count). The number of hydrogen-bond acceptors (Lipinski definition) is 3. The normalized spacial score (nSPS) is 15.7. The van der Waals surface area contributed by atoms with Gasteiger partial charge in [-0.25, -0.2) is 0 Å². The molecule has 2 amide bonds. The van der Waals surface area contributed by atoms with E-state index in [1.54, 1.807) is 24.5 Å². The lowest BCUT2D eigenvalue weighted by Gasteiger charge is -2.32. The van der Waals surface area contributed by atoms with Gasteiger partial charge in [0.1, 0.15) is 0 Å². The largest absolute Gasteiger partial charge is 0.356 e. The molecule has 0 bridgehead atoms. The molecule has 1 aromatic heterocycles. The maximum atomic E-state index is 12.4.